The summed E-state index contributed by atoms with van der Waals surface area (Å²) in [5, 5.41) is 3.60. The lowest BCUT2D eigenvalue weighted by atomic mass is 10.2. The summed E-state index contributed by atoms with van der Waals surface area (Å²) < 4.78 is 11.3. The fourth-order valence-electron chi connectivity index (χ4n) is 2.31. The average molecular weight is 312 g/mol. The summed E-state index contributed by atoms with van der Waals surface area (Å²) in [6, 6.07) is 5.41. The number of hydrogen-bond acceptors (Lipinski definition) is 3. The van der Waals surface area contributed by atoms with Crippen molar-refractivity contribution in [3.05, 3.63) is 28.8 Å². The van der Waals surface area contributed by atoms with Gasteiger partial charge in [0.2, 0.25) is 0 Å². The van der Waals surface area contributed by atoms with Gasteiger partial charge in [-0.15, -0.1) is 0 Å². The monoisotopic (exact) mass is 311 g/mol. The zero-order valence-corrected chi connectivity index (χ0v) is 13.3. The highest BCUT2D eigenvalue weighted by molar-refractivity contribution is 6.31. The number of amides is 1. The molecular formula is C16H22ClNO3. The maximum atomic E-state index is 12.2. The van der Waals surface area contributed by atoms with Crippen LogP contribution in [0.15, 0.2) is 18.2 Å². The van der Waals surface area contributed by atoms with Crippen molar-refractivity contribution < 1.29 is 14.3 Å². The van der Waals surface area contributed by atoms with Gasteiger partial charge in [-0.25, -0.2) is 0 Å². The van der Waals surface area contributed by atoms with E-state index in [0.717, 1.165) is 25.0 Å². The summed E-state index contributed by atoms with van der Waals surface area (Å²) in [5.74, 6) is 0.566. The lowest BCUT2D eigenvalue weighted by molar-refractivity contribution is -0.128. The minimum absolute atomic E-state index is 0.0967. The number of aryl methyl sites for hydroxylation is 1. The van der Waals surface area contributed by atoms with E-state index in [1.807, 2.05) is 19.9 Å². The highest BCUT2D eigenvalue weighted by atomic mass is 35.5. The molecular weight excluding hydrogens is 290 g/mol. The molecule has 2 atom stereocenters. The number of ether oxygens (including phenoxy) is 2. The maximum absolute atomic E-state index is 12.2. The van der Waals surface area contributed by atoms with Crippen molar-refractivity contribution in [1.29, 1.82) is 0 Å². The van der Waals surface area contributed by atoms with Crippen LogP contribution in [0.3, 0.4) is 0 Å². The number of rotatable bonds is 6. The molecule has 1 aromatic rings. The predicted octanol–water partition coefficient (Wildman–Crippen LogP) is 3.10. The molecule has 1 amide bonds. The second-order valence-corrected chi connectivity index (χ2v) is 5.71. The Morgan fingerprint density at radius 2 is 2.38 bits per heavy atom. The van der Waals surface area contributed by atoms with Crippen LogP contribution in [0.2, 0.25) is 5.02 Å². The Kier molecular flexibility index (Phi) is 5.88. The number of nitrogens with one attached hydrogen (secondary N) is 1. The molecule has 2 rings (SSSR count). The minimum atomic E-state index is -0.494. The Morgan fingerprint density at radius 3 is 3.00 bits per heavy atom. The van der Waals surface area contributed by atoms with Gasteiger partial charge in [-0.1, -0.05) is 18.5 Å². The summed E-state index contributed by atoms with van der Waals surface area (Å²) >= 11 is 5.99. The predicted molar refractivity (Wildman–Crippen MR) is 82.9 cm³/mol. The van der Waals surface area contributed by atoms with Gasteiger partial charge >= 0.3 is 0 Å². The molecule has 1 fully saturated rings. The average Bonchev–Trinajstić information content (AvgIpc) is 2.99. The second-order valence-electron chi connectivity index (χ2n) is 5.31. The van der Waals surface area contributed by atoms with Crippen molar-refractivity contribution in [2.45, 2.75) is 45.3 Å². The van der Waals surface area contributed by atoms with E-state index in [0.29, 0.717) is 23.7 Å². The molecule has 1 aliphatic rings. The molecule has 0 aromatic heterocycles. The van der Waals surface area contributed by atoms with E-state index in [1.54, 1.807) is 12.1 Å². The molecule has 21 heavy (non-hydrogen) atoms. The van der Waals surface area contributed by atoms with Crippen LogP contribution in [0.5, 0.6) is 5.75 Å². The third-order valence-electron chi connectivity index (χ3n) is 3.60. The van der Waals surface area contributed by atoms with Crippen LogP contribution in [0, 0.1) is 6.92 Å². The van der Waals surface area contributed by atoms with Crippen LogP contribution in [0.1, 0.15) is 31.7 Å². The zero-order valence-electron chi connectivity index (χ0n) is 12.5. The van der Waals surface area contributed by atoms with Gasteiger partial charge in [0, 0.05) is 18.2 Å². The van der Waals surface area contributed by atoms with Gasteiger partial charge < -0.3 is 14.8 Å². The largest absolute Gasteiger partial charge is 0.481 e. The summed E-state index contributed by atoms with van der Waals surface area (Å²) in [7, 11) is 0. The molecule has 0 aliphatic carbocycles. The second kappa shape index (κ2) is 7.66. The van der Waals surface area contributed by atoms with Crippen molar-refractivity contribution in [3.63, 3.8) is 0 Å². The van der Waals surface area contributed by atoms with Gasteiger partial charge in [0.1, 0.15) is 5.75 Å². The molecule has 1 N–H and O–H groups in total. The van der Waals surface area contributed by atoms with E-state index in [-0.39, 0.29) is 12.0 Å². The fraction of sp³-hybridized carbons (Fsp3) is 0.562. The summed E-state index contributed by atoms with van der Waals surface area (Å²) in [4.78, 5) is 12.2. The van der Waals surface area contributed by atoms with E-state index < -0.39 is 6.10 Å². The summed E-state index contributed by atoms with van der Waals surface area (Å²) in [6.07, 6.45) is 2.34. The van der Waals surface area contributed by atoms with Crippen molar-refractivity contribution in [2.24, 2.45) is 0 Å². The molecule has 0 unspecified atom stereocenters. The first-order chi connectivity index (χ1) is 10.1. The normalized spacial score (nSPS) is 19.3. The van der Waals surface area contributed by atoms with Gasteiger partial charge in [0.15, 0.2) is 6.10 Å². The lowest BCUT2D eigenvalue weighted by Gasteiger charge is -2.19. The SMILES string of the molecule is CC[C@@H](Oc1ccc(Cl)c(C)c1)C(=O)NC[C@H]1CCCO1. The Bertz CT molecular complexity index is 486. The van der Waals surface area contributed by atoms with Crippen molar-refractivity contribution in [1.82, 2.24) is 5.32 Å². The standard InChI is InChI=1S/C16H22ClNO3/c1-3-15(16(19)18-10-13-5-4-8-20-13)21-12-6-7-14(17)11(2)9-12/h6-7,9,13,15H,3-5,8,10H2,1-2H3,(H,18,19)/t13-,15-/m1/s1. The number of halogens is 1. The van der Waals surface area contributed by atoms with Crippen LogP contribution < -0.4 is 10.1 Å². The van der Waals surface area contributed by atoms with Crippen LogP contribution in [-0.4, -0.2) is 31.3 Å². The van der Waals surface area contributed by atoms with E-state index in [2.05, 4.69) is 5.32 Å². The molecule has 0 radical (unpaired) electrons. The Balaban J connectivity index is 1.88. The van der Waals surface area contributed by atoms with E-state index in [9.17, 15) is 4.79 Å². The van der Waals surface area contributed by atoms with Gasteiger partial charge in [-0.3, -0.25) is 4.79 Å². The fourth-order valence-corrected chi connectivity index (χ4v) is 2.43. The zero-order chi connectivity index (χ0) is 15.2. The first-order valence-electron chi connectivity index (χ1n) is 7.42. The molecule has 0 bridgehead atoms. The van der Waals surface area contributed by atoms with Crippen LogP contribution in [0.25, 0.3) is 0 Å². The number of carbonyl (C=O) groups excluding carboxylic acids is 1. The Hall–Kier alpha value is -1.26. The number of benzene rings is 1. The molecule has 4 nitrogen and oxygen atoms in total. The van der Waals surface area contributed by atoms with Gasteiger partial charge in [0.25, 0.3) is 5.91 Å². The minimum Gasteiger partial charge on any atom is -0.481 e. The van der Waals surface area contributed by atoms with Gasteiger partial charge in [0.05, 0.1) is 6.10 Å². The molecule has 0 spiro atoms. The smallest absolute Gasteiger partial charge is 0.261 e. The third kappa shape index (κ3) is 4.61. The van der Waals surface area contributed by atoms with Gasteiger partial charge in [-0.2, -0.15) is 0 Å². The number of carbonyl (C=O) groups is 1. The highest BCUT2D eigenvalue weighted by Crippen LogP contribution is 2.22. The van der Waals surface area contributed by atoms with E-state index >= 15 is 0 Å². The lowest BCUT2D eigenvalue weighted by Crippen LogP contribution is -2.41. The molecule has 1 heterocycles. The van der Waals surface area contributed by atoms with Crippen LogP contribution in [0.4, 0.5) is 0 Å². The topological polar surface area (TPSA) is 47.6 Å². The first kappa shape index (κ1) is 16.1. The third-order valence-corrected chi connectivity index (χ3v) is 4.02. The van der Waals surface area contributed by atoms with Crippen LogP contribution >= 0.6 is 11.6 Å². The summed E-state index contributed by atoms with van der Waals surface area (Å²) in [6.45, 7) is 5.18. The molecule has 0 saturated carbocycles. The highest BCUT2D eigenvalue weighted by Gasteiger charge is 2.21. The van der Waals surface area contributed by atoms with Crippen molar-refractivity contribution in [2.75, 3.05) is 13.2 Å². The van der Waals surface area contributed by atoms with Gasteiger partial charge in [-0.05, 0) is 49.9 Å². The number of hydrogen-bond donors (Lipinski definition) is 1. The first-order valence-corrected chi connectivity index (χ1v) is 7.80. The maximum Gasteiger partial charge on any atom is 0.261 e. The van der Waals surface area contributed by atoms with Crippen molar-refractivity contribution >= 4 is 17.5 Å². The Morgan fingerprint density at radius 1 is 1.57 bits per heavy atom. The molecule has 5 heteroatoms. The van der Waals surface area contributed by atoms with Crippen LogP contribution in [-0.2, 0) is 9.53 Å². The van der Waals surface area contributed by atoms with E-state index in [1.165, 1.54) is 0 Å². The molecule has 1 aliphatic heterocycles. The Labute approximate surface area is 130 Å². The molecule has 116 valence electrons. The van der Waals surface area contributed by atoms with Crippen molar-refractivity contribution in [3.8, 4) is 5.75 Å². The quantitative estimate of drug-likeness (QED) is 0.878. The molecule has 1 aromatic carbocycles. The van der Waals surface area contributed by atoms with E-state index in [4.69, 9.17) is 21.1 Å². The molecule has 1 saturated heterocycles. The summed E-state index contributed by atoms with van der Waals surface area (Å²) in [5.41, 5.74) is 0.934.